The van der Waals surface area contributed by atoms with Crippen molar-refractivity contribution >= 4 is 0 Å². The van der Waals surface area contributed by atoms with Gasteiger partial charge in [-0.05, 0) is 0 Å². The summed E-state index contributed by atoms with van der Waals surface area (Å²) in [4.78, 5) is 22.3. The molecule has 1 heterocycles. The zero-order valence-electron chi connectivity index (χ0n) is 10.3. The molecule has 84 valence electrons. The number of aromatic nitrogens is 3. The minimum absolute atomic E-state index is 0.165. The number of hydrogen-bond donors (Lipinski definition) is 1. The zero-order valence-corrected chi connectivity index (χ0v) is 10.3. The number of aromatic amines is 1. The van der Waals surface area contributed by atoms with Crippen molar-refractivity contribution in [3.63, 3.8) is 0 Å². The van der Waals surface area contributed by atoms with Crippen LogP contribution in [0, 0.1) is 0 Å². The number of hydrogen-bond acceptors (Lipinski definition) is 3. The van der Waals surface area contributed by atoms with Gasteiger partial charge in [-0.25, -0.2) is 4.79 Å². The highest BCUT2D eigenvalue weighted by molar-refractivity contribution is 5.07. The van der Waals surface area contributed by atoms with Crippen LogP contribution in [0.5, 0.6) is 0 Å². The summed E-state index contributed by atoms with van der Waals surface area (Å²) in [5.41, 5.74) is -0.742. The number of nitrogens with one attached hydrogen (secondary N) is 1. The molecule has 15 heavy (non-hydrogen) atoms. The molecule has 4 nitrogen and oxygen atoms in total. The van der Waals surface area contributed by atoms with Gasteiger partial charge in [0.1, 0.15) is 11.6 Å². The van der Waals surface area contributed by atoms with Gasteiger partial charge in [0.05, 0.1) is 0 Å². The molecule has 0 amide bonds. The maximum absolute atomic E-state index is 11.4. The van der Waals surface area contributed by atoms with Gasteiger partial charge in [-0.3, -0.25) is 0 Å². The molecule has 0 fully saturated rings. The largest absolute Gasteiger partial charge is 0.370 e. The van der Waals surface area contributed by atoms with Crippen LogP contribution in [-0.2, 0) is 10.8 Å². The lowest BCUT2D eigenvalue weighted by atomic mass is 9.93. The lowest BCUT2D eigenvalue weighted by Crippen LogP contribution is -2.29. The summed E-state index contributed by atoms with van der Waals surface area (Å²) in [7, 11) is 0. The quantitative estimate of drug-likeness (QED) is 0.708. The smallest absolute Gasteiger partial charge is 0.331 e. The fourth-order valence-corrected chi connectivity index (χ4v) is 1.09. The molecular weight excluding hydrogens is 190 g/mol. The van der Waals surface area contributed by atoms with Crippen molar-refractivity contribution < 1.29 is 0 Å². The van der Waals surface area contributed by atoms with Gasteiger partial charge in [0.2, 0.25) is 0 Å². The van der Waals surface area contributed by atoms with E-state index < -0.39 is 5.69 Å². The van der Waals surface area contributed by atoms with Crippen LogP contribution in [0.25, 0.3) is 0 Å². The summed E-state index contributed by atoms with van der Waals surface area (Å²) in [6, 6.07) is 0. The third-order valence-electron chi connectivity index (χ3n) is 2.07. The van der Waals surface area contributed by atoms with E-state index in [-0.39, 0.29) is 10.8 Å². The minimum Gasteiger partial charge on any atom is -0.331 e. The van der Waals surface area contributed by atoms with E-state index in [0.717, 1.165) is 0 Å². The molecule has 0 saturated carbocycles. The lowest BCUT2D eigenvalue weighted by molar-refractivity contribution is 0.490. The predicted molar refractivity (Wildman–Crippen MR) is 60.1 cm³/mol. The molecule has 0 aromatic carbocycles. The normalized spacial score (nSPS) is 12.9. The van der Waals surface area contributed by atoms with Gasteiger partial charge >= 0.3 is 5.69 Å². The zero-order chi connectivity index (χ0) is 11.9. The highest BCUT2D eigenvalue weighted by Gasteiger charge is 2.22. The maximum Gasteiger partial charge on any atom is 0.370 e. The average Bonchev–Trinajstić information content (AvgIpc) is 1.99. The number of nitrogens with zero attached hydrogens (tertiary/aromatic N) is 2. The van der Waals surface area contributed by atoms with Crippen LogP contribution in [0.2, 0.25) is 0 Å². The first-order valence-electron chi connectivity index (χ1n) is 5.10. The van der Waals surface area contributed by atoms with E-state index in [2.05, 4.69) is 15.0 Å². The van der Waals surface area contributed by atoms with Crippen molar-refractivity contribution in [3.05, 3.63) is 22.1 Å². The van der Waals surface area contributed by atoms with Crippen LogP contribution in [0.3, 0.4) is 0 Å². The standard InChI is InChI=1S/C11H19N3O/c1-10(2,3)7-12-8(11(4,5)6)14-9(15)13-7/h1-6H3,(H,12,13,14,15). The van der Waals surface area contributed by atoms with E-state index in [1.165, 1.54) is 0 Å². The third kappa shape index (κ3) is 2.88. The molecule has 0 aliphatic rings. The van der Waals surface area contributed by atoms with E-state index in [9.17, 15) is 4.79 Å². The van der Waals surface area contributed by atoms with Gasteiger partial charge in [-0.15, -0.1) is 0 Å². The van der Waals surface area contributed by atoms with E-state index in [1.807, 2.05) is 41.5 Å². The van der Waals surface area contributed by atoms with E-state index in [4.69, 9.17) is 0 Å². The van der Waals surface area contributed by atoms with Crippen LogP contribution in [0.1, 0.15) is 53.2 Å². The van der Waals surface area contributed by atoms with Gasteiger partial charge in [0.25, 0.3) is 0 Å². The Kier molecular flexibility index (Phi) is 2.72. The molecule has 0 spiro atoms. The summed E-state index contributed by atoms with van der Waals surface area (Å²) < 4.78 is 0. The second-order valence-electron chi connectivity index (χ2n) is 5.83. The monoisotopic (exact) mass is 209 g/mol. The van der Waals surface area contributed by atoms with E-state index in [1.54, 1.807) is 0 Å². The van der Waals surface area contributed by atoms with Crippen molar-refractivity contribution in [3.8, 4) is 0 Å². The third-order valence-corrected chi connectivity index (χ3v) is 2.07. The summed E-state index contributed by atoms with van der Waals surface area (Å²) in [5.74, 6) is 1.37. The summed E-state index contributed by atoms with van der Waals surface area (Å²) >= 11 is 0. The Morgan fingerprint density at radius 1 is 0.867 bits per heavy atom. The second kappa shape index (κ2) is 3.43. The molecule has 4 heteroatoms. The van der Waals surface area contributed by atoms with Gasteiger partial charge in [0, 0.05) is 10.8 Å². The van der Waals surface area contributed by atoms with Gasteiger partial charge in [0.15, 0.2) is 0 Å². The Hall–Kier alpha value is -1.19. The fourth-order valence-electron chi connectivity index (χ4n) is 1.09. The molecule has 1 N–H and O–H groups in total. The van der Waals surface area contributed by atoms with Crippen molar-refractivity contribution in [2.45, 2.75) is 52.4 Å². The molecule has 0 radical (unpaired) electrons. The molecule has 0 aliphatic carbocycles. The van der Waals surface area contributed by atoms with Crippen molar-refractivity contribution in [1.29, 1.82) is 0 Å². The Labute approximate surface area is 90.2 Å². The lowest BCUT2D eigenvalue weighted by Gasteiger charge is -2.22. The molecule has 0 aliphatic heterocycles. The first kappa shape index (κ1) is 11.9. The fraction of sp³-hybridized carbons (Fsp3) is 0.727. The molecule has 0 bridgehead atoms. The molecular formula is C11H19N3O. The molecule has 1 aromatic rings. The average molecular weight is 209 g/mol. The van der Waals surface area contributed by atoms with Crippen molar-refractivity contribution in [1.82, 2.24) is 15.0 Å². The highest BCUT2D eigenvalue weighted by atomic mass is 16.1. The van der Waals surface area contributed by atoms with Crippen molar-refractivity contribution in [2.24, 2.45) is 0 Å². The highest BCUT2D eigenvalue weighted by Crippen LogP contribution is 2.20. The van der Waals surface area contributed by atoms with Crippen LogP contribution >= 0.6 is 0 Å². The second-order valence-corrected chi connectivity index (χ2v) is 5.83. The van der Waals surface area contributed by atoms with E-state index in [0.29, 0.717) is 11.6 Å². The van der Waals surface area contributed by atoms with Crippen LogP contribution in [0.4, 0.5) is 0 Å². The maximum atomic E-state index is 11.4. The van der Waals surface area contributed by atoms with Crippen molar-refractivity contribution in [2.75, 3.05) is 0 Å². The molecule has 1 rings (SSSR count). The molecule has 0 atom stereocenters. The van der Waals surface area contributed by atoms with Gasteiger partial charge in [-0.2, -0.15) is 9.97 Å². The SMILES string of the molecule is CC(C)(C)c1nc(=O)nc(C(C)(C)C)[nH]1. The summed E-state index contributed by atoms with van der Waals surface area (Å²) in [6.45, 7) is 12.1. The number of rotatable bonds is 0. The topological polar surface area (TPSA) is 58.6 Å². The van der Waals surface area contributed by atoms with Gasteiger partial charge < -0.3 is 4.98 Å². The predicted octanol–water partition coefficient (Wildman–Crippen LogP) is 1.76. The summed E-state index contributed by atoms with van der Waals surface area (Å²) in [5, 5.41) is 0. The van der Waals surface area contributed by atoms with E-state index >= 15 is 0 Å². The first-order chi connectivity index (χ1) is 6.60. The van der Waals surface area contributed by atoms with Crippen LogP contribution < -0.4 is 5.69 Å². The Balaban J connectivity index is 3.36. The minimum atomic E-state index is -0.413. The first-order valence-corrected chi connectivity index (χ1v) is 5.10. The molecule has 0 unspecified atom stereocenters. The van der Waals surface area contributed by atoms with Crippen LogP contribution in [-0.4, -0.2) is 15.0 Å². The summed E-state index contributed by atoms with van der Waals surface area (Å²) in [6.07, 6.45) is 0. The Morgan fingerprint density at radius 3 is 1.47 bits per heavy atom. The Morgan fingerprint density at radius 2 is 1.20 bits per heavy atom. The molecule has 1 aromatic heterocycles. The number of H-pyrrole nitrogens is 1. The van der Waals surface area contributed by atoms with Crippen LogP contribution in [0.15, 0.2) is 4.79 Å². The Bertz CT molecular complexity index is 372. The molecule has 0 saturated heterocycles. The van der Waals surface area contributed by atoms with Gasteiger partial charge in [-0.1, -0.05) is 41.5 Å².